The highest BCUT2D eigenvalue weighted by Gasteiger charge is 2.13. The zero-order chi connectivity index (χ0) is 14.0. The third-order valence-corrected chi connectivity index (χ3v) is 3.32. The number of imidazole rings is 1. The van der Waals surface area contributed by atoms with Crippen molar-refractivity contribution in [3.63, 3.8) is 0 Å². The Morgan fingerprint density at radius 3 is 2.68 bits per heavy atom. The number of fused-ring (bicyclic) bond motifs is 1. The summed E-state index contributed by atoms with van der Waals surface area (Å²) in [6, 6.07) is 5.87. The molecule has 19 heavy (non-hydrogen) atoms. The van der Waals surface area contributed by atoms with Crippen LogP contribution in [0.1, 0.15) is 45.4 Å². The summed E-state index contributed by atoms with van der Waals surface area (Å²) in [5, 5.41) is 9.37. The summed E-state index contributed by atoms with van der Waals surface area (Å²) in [7, 11) is 0. The molecule has 104 valence electrons. The molecule has 1 unspecified atom stereocenters. The number of rotatable bonds is 5. The lowest BCUT2D eigenvalue weighted by molar-refractivity contribution is 0.179. The minimum absolute atomic E-state index is 0.243. The van der Waals surface area contributed by atoms with Crippen LogP contribution in [0.25, 0.3) is 11.0 Å². The van der Waals surface area contributed by atoms with Gasteiger partial charge in [-0.05, 0) is 38.0 Å². The van der Waals surface area contributed by atoms with Gasteiger partial charge in [0.15, 0.2) is 0 Å². The van der Waals surface area contributed by atoms with Gasteiger partial charge in [0, 0.05) is 18.2 Å². The van der Waals surface area contributed by atoms with Crippen LogP contribution in [0, 0.1) is 0 Å². The number of nitrogen functional groups attached to an aromatic ring is 1. The van der Waals surface area contributed by atoms with Crippen molar-refractivity contribution in [3.05, 3.63) is 24.0 Å². The maximum absolute atomic E-state index is 9.37. The molecule has 0 aliphatic heterocycles. The van der Waals surface area contributed by atoms with E-state index >= 15 is 0 Å². The summed E-state index contributed by atoms with van der Waals surface area (Å²) in [4.78, 5) is 4.69. The number of aliphatic hydroxyl groups excluding tert-OH is 1. The van der Waals surface area contributed by atoms with Crippen LogP contribution in [-0.2, 0) is 6.54 Å². The Kier molecular flexibility index (Phi) is 4.10. The standard InChI is InChI=1S/C15H23N3O/c1-10(2)15-17-13-9-12(16)6-7-14(13)18(15)8-4-5-11(3)19/h6-7,9-11,19H,4-5,8,16H2,1-3H3. The molecule has 1 aromatic heterocycles. The first kappa shape index (κ1) is 13.9. The van der Waals surface area contributed by atoms with Gasteiger partial charge in [0.05, 0.1) is 17.1 Å². The van der Waals surface area contributed by atoms with Crippen molar-refractivity contribution in [2.75, 3.05) is 5.73 Å². The van der Waals surface area contributed by atoms with Crippen LogP contribution in [0.2, 0.25) is 0 Å². The van der Waals surface area contributed by atoms with E-state index in [0.717, 1.165) is 41.9 Å². The molecule has 3 N–H and O–H groups in total. The molecule has 1 heterocycles. The van der Waals surface area contributed by atoms with Crippen LogP contribution >= 0.6 is 0 Å². The molecule has 0 aliphatic rings. The minimum Gasteiger partial charge on any atom is -0.399 e. The molecule has 2 aromatic rings. The van der Waals surface area contributed by atoms with Gasteiger partial charge in [0.1, 0.15) is 5.82 Å². The summed E-state index contributed by atoms with van der Waals surface area (Å²) in [6.45, 7) is 7.01. The Morgan fingerprint density at radius 2 is 2.05 bits per heavy atom. The Hall–Kier alpha value is -1.55. The van der Waals surface area contributed by atoms with Gasteiger partial charge in [0.2, 0.25) is 0 Å². The average Bonchev–Trinajstić information content (AvgIpc) is 2.67. The summed E-state index contributed by atoms with van der Waals surface area (Å²) in [5.41, 5.74) is 8.65. The van der Waals surface area contributed by atoms with Gasteiger partial charge >= 0.3 is 0 Å². The molecule has 0 radical (unpaired) electrons. The zero-order valence-electron chi connectivity index (χ0n) is 11.9. The number of nitrogens with zero attached hydrogens (tertiary/aromatic N) is 2. The molecule has 0 fully saturated rings. The monoisotopic (exact) mass is 261 g/mol. The topological polar surface area (TPSA) is 64.1 Å². The first-order chi connectivity index (χ1) is 8.99. The van der Waals surface area contributed by atoms with Gasteiger partial charge in [-0.1, -0.05) is 13.8 Å². The number of benzene rings is 1. The van der Waals surface area contributed by atoms with E-state index in [1.807, 2.05) is 25.1 Å². The fraction of sp³-hybridized carbons (Fsp3) is 0.533. The maximum atomic E-state index is 9.37. The number of nitrogens with two attached hydrogens (primary N) is 1. The number of aryl methyl sites for hydroxylation is 1. The minimum atomic E-state index is -0.243. The van der Waals surface area contributed by atoms with E-state index in [2.05, 4.69) is 18.4 Å². The van der Waals surface area contributed by atoms with Crippen LogP contribution in [0.4, 0.5) is 5.69 Å². The zero-order valence-corrected chi connectivity index (χ0v) is 11.9. The van der Waals surface area contributed by atoms with Crippen molar-refractivity contribution in [2.24, 2.45) is 0 Å². The molecule has 0 saturated carbocycles. The molecular formula is C15H23N3O. The Balaban J connectivity index is 2.35. The molecule has 1 atom stereocenters. The molecule has 4 heteroatoms. The van der Waals surface area contributed by atoms with Crippen LogP contribution in [0.3, 0.4) is 0 Å². The Morgan fingerprint density at radius 1 is 1.32 bits per heavy atom. The van der Waals surface area contributed by atoms with Gasteiger partial charge in [-0.25, -0.2) is 4.98 Å². The molecule has 1 aromatic carbocycles. The van der Waals surface area contributed by atoms with Crippen LogP contribution in [-0.4, -0.2) is 20.8 Å². The van der Waals surface area contributed by atoms with Crippen molar-refractivity contribution in [2.45, 2.75) is 52.2 Å². The smallest absolute Gasteiger partial charge is 0.112 e. The third-order valence-electron chi connectivity index (χ3n) is 3.32. The molecule has 0 spiro atoms. The quantitative estimate of drug-likeness (QED) is 0.813. The van der Waals surface area contributed by atoms with E-state index in [4.69, 9.17) is 10.7 Å². The fourth-order valence-corrected chi connectivity index (χ4v) is 2.39. The fourth-order valence-electron chi connectivity index (χ4n) is 2.39. The van der Waals surface area contributed by atoms with Gasteiger partial charge in [-0.2, -0.15) is 0 Å². The van der Waals surface area contributed by atoms with Crippen LogP contribution < -0.4 is 5.73 Å². The van der Waals surface area contributed by atoms with E-state index < -0.39 is 0 Å². The summed E-state index contributed by atoms with van der Waals surface area (Å²) < 4.78 is 2.25. The van der Waals surface area contributed by atoms with Crippen LogP contribution in [0.5, 0.6) is 0 Å². The van der Waals surface area contributed by atoms with E-state index in [0.29, 0.717) is 5.92 Å². The molecule has 0 saturated heterocycles. The lowest BCUT2D eigenvalue weighted by atomic mass is 10.2. The average molecular weight is 261 g/mol. The first-order valence-corrected chi connectivity index (χ1v) is 6.92. The summed E-state index contributed by atoms with van der Waals surface area (Å²) in [5.74, 6) is 1.46. The van der Waals surface area contributed by atoms with Gasteiger partial charge in [0.25, 0.3) is 0 Å². The lowest BCUT2D eigenvalue weighted by Crippen LogP contribution is -2.08. The van der Waals surface area contributed by atoms with E-state index in [1.165, 1.54) is 0 Å². The van der Waals surface area contributed by atoms with E-state index in [1.54, 1.807) is 0 Å². The van der Waals surface area contributed by atoms with Crippen molar-refractivity contribution in [1.29, 1.82) is 0 Å². The Bertz CT molecular complexity index is 558. The number of hydrogen-bond acceptors (Lipinski definition) is 3. The maximum Gasteiger partial charge on any atom is 0.112 e. The van der Waals surface area contributed by atoms with E-state index in [-0.39, 0.29) is 6.10 Å². The molecule has 0 bridgehead atoms. The summed E-state index contributed by atoms with van der Waals surface area (Å²) >= 11 is 0. The number of aliphatic hydroxyl groups is 1. The molecular weight excluding hydrogens is 238 g/mol. The van der Waals surface area contributed by atoms with Crippen molar-refractivity contribution < 1.29 is 5.11 Å². The lowest BCUT2D eigenvalue weighted by Gasteiger charge is -2.12. The molecule has 0 amide bonds. The third kappa shape index (κ3) is 3.07. The van der Waals surface area contributed by atoms with Crippen molar-refractivity contribution in [1.82, 2.24) is 9.55 Å². The van der Waals surface area contributed by atoms with Crippen LogP contribution in [0.15, 0.2) is 18.2 Å². The van der Waals surface area contributed by atoms with Gasteiger partial charge in [-0.3, -0.25) is 0 Å². The number of anilines is 1. The predicted octanol–water partition coefficient (Wildman–Crippen LogP) is 2.90. The molecule has 4 nitrogen and oxygen atoms in total. The number of hydrogen-bond donors (Lipinski definition) is 2. The second-order valence-electron chi connectivity index (χ2n) is 5.52. The highest BCUT2D eigenvalue weighted by Crippen LogP contribution is 2.24. The normalized spacial score (nSPS) is 13.3. The van der Waals surface area contributed by atoms with Crippen molar-refractivity contribution in [3.8, 4) is 0 Å². The highest BCUT2D eigenvalue weighted by atomic mass is 16.3. The first-order valence-electron chi connectivity index (χ1n) is 6.92. The molecule has 0 aliphatic carbocycles. The van der Waals surface area contributed by atoms with Gasteiger partial charge < -0.3 is 15.4 Å². The second kappa shape index (κ2) is 5.61. The largest absolute Gasteiger partial charge is 0.399 e. The number of aromatic nitrogens is 2. The second-order valence-corrected chi connectivity index (χ2v) is 5.52. The predicted molar refractivity (Wildman–Crippen MR) is 79.1 cm³/mol. The molecule has 2 rings (SSSR count). The van der Waals surface area contributed by atoms with Gasteiger partial charge in [-0.15, -0.1) is 0 Å². The van der Waals surface area contributed by atoms with Crippen molar-refractivity contribution >= 4 is 16.7 Å². The highest BCUT2D eigenvalue weighted by molar-refractivity contribution is 5.79. The summed E-state index contributed by atoms with van der Waals surface area (Å²) in [6.07, 6.45) is 1.52. The SMILES string of the molecule is CC(O)CCCn1c(C(C)C)nc2cc(N)ccc21. The Labute approximate surface area is 114 Å². The van der Waals surface area contributed by atoms with E-state index in [9.17, 15) is 5.11 Å².